The maximum absolute atomic E-state index is 13.2. The number of hydrazine groups is 1. The maximum Gasteiger partial charge on any atom is 0.280 e. The molecular weight excluding hydrogens is 441 g/mol. The summed E-state index contributed by atoms with van der Waals surface area (Å²) in [6, 6.07) is 12.2. The average Bonchev–Trinajstić information content (AvgIpc) is 3.11. The monoisotopic (exact) mass is 459 g/mol. The van der Waals surface area contributed by atoms with Crippen molar-refractivity contribution in [2.75, 3.05) is 5.32 Å². The molecule has 6 nitrogen and oxygen atoms in total. The summed E-state index contributed by atoms with van der Waals surface area (Å²) < 4.78 is 13.2. The number of nitrogens with one attached hydrogen (secondary N) is 3. The Balaban J connectivity index is 1.63. The van der Waals surface area contributed by atoms with Crippen molar-refractivity contribution >= 4 is 45.7 Å². The van der Waals surface area contributed by atoms with Crippen LogP contribution >= 0.6 is 22.9 Å². The largest absolute Gasteiger partial charge is 0.313 e. The standard InChI is InChI=1S/C22H19ClFN3O3S/c1-3-13-4-6-14(7-5-13)20(28)26-27-22(30)19-12(2)10-18(31-19)25-21(29)16-9-8-15(24)11-17(16)23/h4-11H,3H2,1-2H3,(H,25,29)(H,26,28)(H,27,30). The lowest BCUT2D eigenvalue weighted by Gasteiger charge is -2.07. The van der Waals surface area contributed by atoms with Crippen LogP contribution in [0.4, 0.5) is 9.39 Å². The Hall–Kier alpha value is -3.23. The quantitative estimate of drug-likeness (QED) is 0.481. The predicted octanol–water partition coefficient (Wildman–Crippen LogP) is 4.74. The van der Waals surface area contributed by atoms with Crippen LogP contribution in [-0.2, 0) is 6.42 Å². The Morgan fingerprint density at radius 1 is 0.968 bits per heavy atom. The second kappa shape index (κ2) is 9.72. The van der Waals surface area contributed by atoms with E-state index < -0.39 is 23.5 Å². The van der Waals surface area contributed by atoms with Crippen LogP contribution in [0, 0.1) is 12.7 Å². The summed E-state index contributed by atoms with van der Waals surface area (Å²) in [6.07, 6.45) is 0.864. The molecular formula is C22H19ClFN3O3S. The molecule has 31 heavy (non-hydrogen) atoms. The molecule has 0 aliphatic rings. The number of rotatable bonds is 5. The summed E-state index contributed by atoms with van der Waals surface area (Å²) in [5.74, 6) is -2.02. The minimum Gasteiger partial charge on any atom is -0.313 e. The van der Waals surface area contributed by atoms with Gasteiger partial charge in [0.2, 0.25) is 0 Å². The third-order valence-corrected chi connectivity index (χ3v) is 5.91. The van der Waals surface area contributed by atoms with Crippen molar-refractivity contribution in [1.82, 2.24) is 10.9 Å². The molecule has 0 unspecified atom stereocenters. The van der Waals surface area contributed by atoms with E-state index in [1.54, 1.807) is 25.1 Å². The fourth-order valence-electron chi connectivity index (χ4n) is 2.76. The van der Waals surface area contributed by atoms with Gasteiger partial charge >= 0.3 is 0 Å². The number of amides is 3. The molecule has 1 heterocycles. The van der Waals surface area contributed by atoms with E-state index in [-0.39, 0.29) is 10.6 Å². The number of carbonyl (C=O) groups excluding carboxylic acids is 3. The lowest BCUT2D eigenvalue weighted by molar-refractivity contribution is 0.0848. The Bertz CT molecular complexity index is 1150. The summed E-state index contributed by atoms with van der Waals surface area (Å²) in [6.45, 7) is 3.72. The molecule has 0 fully saturated rings. The number of hydrogen-bond acceptors (Lipinski definition) is 4. The highest BCUT2D eigenvalue weighted by molar-refractivity contribution is 7.18. The van der Waals surface area contributed by atoms with Gasteiger partial charge in [-0.15, -0.1) is 11.3 Å². The van der Waals surface area contributed by atoms with Gasteiger partial charge in [-0.1, -0.05) is 30.7 Å². The van der Waals surface area contributed by atoms with Crippen LogP contribution in [0.1, 0.15) is 48.4 Å². The summed E-state index contributed by atoms with van der Waals surface area (Å²) in [4.78, 5) is 37.4. The first kappa shape index (κ1) is 22.5. The smallest absolute Gasteiger partial charge is 0.280 e. The van der Waals surface area contributed by atoms with Gasteiger partial charge in [0.1, 0.15) is 5.82 Å². The van der Waals surface area contributed by atoms with Gasteiger partial charge in [-0.3, -0.25) is 25.2 Å². The fraction of sp³-hybridized carbons (Fsp3) is 0.136. The van der Waals surface area contributed by atoms with E-state index in [1.165, 1.54) is 6.07 Å². The topological polar surface area (TPSA) is 87.3 Å². The van der Waals surface area contributed by atoms with Gasteiger partial charge in [-0.2, -0.15) is 0 Å². The molecule has 0 aliphatic heterocycles. The Morgan fingerprint density at radius 2 is 1.65 bits per heavy atom. The molecule has 0 saturated carbocycles. The summed E-state index contributed by atoms with van der Waals surface area (Å²) >= 11 is 6.95. The molecule has 3 N–H and O–H groups in total. The maximum atomic E-state index is 13.2. The Labute approximate surface area is 187 Å². The van der Waals surface area contributed by atoms with Crippen LogP contribution < -0.4 is 16.2 Å². The second-order valence-corrected chi connectivity index (χ2v) is 8.12. The number of benzene rings is 2. The Morgan fingerprint density at radius 3 is 2.29 bits per heavy atom. The molecule has 0 saturated heterocycles. The van der Waals surface area contributed by atoms with Crippen molar-refractivity contribution in [2.24, 2.45) is 0 Å². The van der Waals surface area contributed by atoms with Gasteiger partial charge in [0.25, 0.3) is 17.7 Å². The zero-order valence-corrected chi connectivity index (χ0v) is 18.3. The third-order valence-electron chi connectivity index (χ3n) is 4.45. The first-order chi connectivity index (χ1) is 14.8. The minimum absolute atomic E-state index is 0.0153. The number of thiophene rings is 1. The number of carbonyl (C=O) groups is 3. The summed E-state index contributed by atoms with van der Waals surface area (Å²) in [7, 11) is 0. The van der Waals surface area contributed by atoms with Gasteiger partial charge < -0.3 is 5.32 Å². The van der Waals surface area contributed by atoms with Gasteiger partial charge in [0, 0.05) is 5.56 Å². The van der Waals surface area contributed by atoms with Gasteiger partial charge in [0.15, 0.2) is 0 Å². The van der Waals surface area contributed by atoms with Crippen molar-refractivity contribution in [1.29, 1.82) is 0 Å². The van der Waals surface area contributed by atoms with Crippen LogP contribution in [0.25, 0.3) is 0 Å². The summed E-state index contributed by atoms with van der Waals surface area (Å²) in [5, 5.41) is 3.04. The van der Waals surface area contributed by atoms with Gasteiger partial charge in [0.05, 0.1) is 20.5 Å². The molecule has 0 aliphatic carbocycles. The molecule has 160 valence electrons. The van der Waals surface area contributed by atoms with E-state index in [0.29, 0.717) is 21.0 Å². The van der Waals surface area contributed by atoms with Crippen molar-refractivity contribution < 1.29 is 18.8 Å². The van der Waals surface area contributed by atoms with E-state index in [1.807, 2.05) is 19.1 Å². The lowest BCUT2D eigenvalue weighted by Crippen LogP contribution is -2.41. The average molecular weight is 460 g/mol. The van der Waals surface area contributed by atoms with Crippen LogP contribution in [-0.4, -0.2) is 17.7 Å². The van der Waals surface area contributed by atoms with E-state index in [0.717, 1.165) is 35.5 Å². The molecule has 0 spiro atoms. The lowest BCUT2D eigenvalue weighted by atomic mass is 10.1. The zero-order chi connectivity index (χ0) is 22.5. The van der Waals surface area contributed by atoms with Gasteiger partial charge in [-0.05, 0) is 60.9 Å². The SMILES string of the molecule is CCc1ccc(C(=O)NNC(=O)c2sc(NC(=O)c3ccc(F)cc3Cl)cc2C)cc1. The van der Waals surface area contributed by atoms with E-state index in [4.69, 9.17) is 11.6 Å². The molecule has 1 aromatic heterocycles. The molecule has 3 rings (SSSR count). The number of halogens is 2. The zero-order valence-electron chi connectivity index (χ0n) is 16.7. The highest BCUT2D eigenvalue weighted by Crippen LogP contribution is 2.28. The molecule has 3 aromatic rings. The molecule has 0 bridgehead atoms. The Kier molecular flexibility index (Phi) is 7.04. The van der Waals surface area contributed by atoms with E-state index in [2.05, 4.69) is 16.2 Å². The molecule has 0 radical (unpaired) electrons. The molecule has 0 atom stereocenters. The van der Waals surface area contributed by atoms with Crippen LogP contribution in [0.3, 0.4) is 0 Å². The predicted molar refractivity (Wildman–Crippen MR) is 119 cm³/mol. The van der Waals surface area contributed by atoms with Crippen molar-refractivity contribution in [3.63, 3.8) is 0 Å². The van der Waals surface area contributed by atoms with Crippen molar-refractivity contribution in [3.05, 3.63) is 86.5 Å². The third kappa shape index (κ3) is 5.48. The number of hydrogen-bond donors (Lipinski definition) is 3. The molecule has 3 amide bonds. The first-order valence-corrected chi connectivity index (χ1v) is 10.5. The second-order valence-electron chi connectivity index (χ2n) is 6.66. The van der Waals surface area contributed by atoms with Crippen LogP contribution in [0.2, 0.25) is 5.02 Å². The van der Waals surface area contributed by atoms with E-state index >= 15 is 0 Å². The fourth-order valence-corrected chi connectivity index (χ4v) is 3.97. The molecule has 9 heteroatoms. The first-order valence-electron chi connectivity index (χ1n) is 9.35. The minimum atomic E-state index is -0.546. The van der Waals surface area contributed by atoms with Crippen LogP contribution in [0.5, 0.6) is 0 Å². The highest BCUT2D eigenvalue weighted by Gasteiger charge is 2.18. The van der Waals surface area contributed by atoms with Crippen molar-refractivity contribution in [2.45, 2.75) is 20.3 Å². The number of aryl methyl sites for hydroxylation is 2. The summed E-state index contributed by atoms with van der Waals surface area (Å²) in [5.41, 5.74) is 7.01. The number of anilines is 1. The van der Waals surface area contributed by atoms with Crippen molar-refractivity contribution in [3.8, 4) is 0 Å². The van der Waals surface area contributed by atoms with E-state index in [9.17, 15) is 18.8 Å². The molecule has 2 aromatic carbocycles. The normalized spacial score (nSPS) is 10.5. The van der Waals surface area contributed by atoms with Gasteiger partial charge in [-0.25, -0.2) is 4.39 Å². The van der Waals surface area contributed by atoms with Crippen LogP contribution in [0.15, 0.2) is 48.5 Å². The highest BCUT2D eigenvalue weighted by atomic mass is 35.5.